The zero-order valence-corrected chi connectivity index (χ0v) is 12.9. The van der Waals surface area contributed by atoms with Crippen molar-refractivity contribution >= 4 is 27.3 Å². The molecule has 0 spiro atoms. The van der Waals surface area contributed by atoms with Gasteiger partial charge in [-0.05, 0) is 30.3 Å². The molecule has 0 heterocycles. The number of halogens is 1. The predicted molar refractivity (Wildman–Crippen MR) is 82.9 cm³/mol. The van der Waals surface area contributed by atoms with Gasteiger partial charge in [-0.3, -0.25) is 0 Å². The van der Waals surface area contributed by atoms with Gasteiger partial charge in [0.25, 0.3) is 0 Å². The van der Waals surface area contributed by atoms with Gasteiger partial charge in [0.15, 0.2) is 0 Å². The van der Waals surface area contributed by atoms with Crippen LogP contribution in [0.5, 0.6) is 5.75 Å². The Morgan fingerprint density at radius 2 is 1.95 bits per heavy atom. The zero-order valence-electron chi connectivity index (χ0n) is 11.3. The molecule has 7 heteroatoms. The van der Waals surface area contributed by atoms with Crippen molar-refractivity contribution in [2.75, 3.05) is 12.8 Å². The number of nitrogens with two attached hydrogens (primary N) is 1. The van der Waals surface area contributed by atoms with Gasteiger partial charge in [-0.2, -0.15) is 0 Å². The van der Waals surface area contributed by atoms with Crippen LogP contribution in [0.3, 0.4) is 0 Å². The van der Waals surface area contributed by atoms with Gasteiger partial charge in [-0.1, -0.05) is 23.7 Å². The molecule has 5 nitrogen and oxygen atoms in total. The largest absolute Gasteiger partial charge is 0.496 e. The maximum atomic E-state index is 12.2. The van der Waals surface area contributed by atoms with Gasteiger partial charge in [0, 0.05) is 22.8 Å². The summed E-state index contributed by atoms with van der Waals surface area (Å²) >= 11 is 6.07. The number of sulfonamides is 1. The van der Waals surface area contributed by atoms with Crippen LogP contribution in [-0.4, -0.2) is 15.5 Å². The molecule has 0 unspecified atom stereocenters. The van der Waals surface area contributed by atoms with E-state index in [2.05, 4.69) is 4.72 Å². The van der Waals surface area contributed by atoms with Crippen molar-refractivity contribution in [1.82, 2.24) is 4.72 Å². The normalized spacial score (nSPS) is 11.3. The van der Waals surface area contributed by atoms with Crippen molar-refractivity contribution in [3.05, 3.63) is 53.1 Å². The fourth-order valence-corrected chi connectivity index (χ4v) is 3.12. The second kappa shape index (κ2) is 6.34. The molecule has 0 fully saturated rings. The van der Waals surface area contributed by atoms with E-state index in [-0.39, 0.29) is 11.4 Å². The van der Waals surface area contributed by atoms with Crippen LogP contribution < -0.4 is 15.2 Å². The molecule has 21 heavy (non-hydrogen) atoms. The standard InChI is InChI=1S/C14H15ClN2O3S/c1-20-14-7-3-6-13(15)12(14)9-17-21(18,19)11-5-2-4-10(16)8-11/h2-8,17H,9,16H2,1H3. The minimum absolute atomic E-state index is 0.0278. The molecule has 0 aliphatic heterocycles. The second-order valence-electron chi connectivity index (χ2n) is 4.32. The average Bonchev–Trinajstić information content (AvgIpc) is 2.45. The molecule has 0 saturated carbocycles. The molecule has 0 bridgehead atoms. The van der Waals surface area contributed by atoms with E-state index >= 15 is 0 Å². The van der Waals surface area contributed by atoms with E-state index in [1.165, 1.54) is 19.2 Å². The molecule has 2 aromatic rings. The van der Waals surface area contributed by atoms with Crippen molar-refractivity contribution < 1.29 is 13.2 Å². The van der Waals surface area contributed by atoms with E-state index in [0.717, 1.165) is 0 Å². The summed E-state index contributed by atoms with van der Waals surface area (Å²) in [6, 6.07) is 11.2. The quantitative estimate of drug-likeness (QED) is 0.827. The molecule has 0 saturated heterocycles. The molecular formula is C14H15ClN2O3S. The van der Waals surface area contributed by atoms with Crippen molar-refractivity contribution in [3.63, 3.8) is 0 Å². The first-order valence-electron chi connectivity index (χ1n) is 6.10. The highest BCUT2D eigenvalue weighted by Crippen LogP contribution is 2.26. The van der Waals surface area contributed by atoms with E-state index < -0.39 is 10.0 Å². The van der Waals surface area contributed by atoms with Crippen LogP contribution in [0, 0.1) is 0 Å². The number of hydrogen-bond acceptors (Lipinski definition) is 4. The Morgan fingerprint density at radius 3 is 2.62 bits per heavy atom. The van der Waals surface area contributed by atoms with E-state index in [9.17, 15) is 8.42 Å². The smallest absolute Gasteiger partial charge is 0.240 e. The van der Waals surface area contributed by atoms with Crippen molar-refractivity contribution in [2.24, 2.45) is 0 Å². The van der Waals surface area contributed by atoms with Gasteiger partial charge in [0.1, 0.15) is 5.75 Å². The lowest BCUT2D eigenvalue weighted by atomic mass is 10.2. The van der Waals surface area contributed by atoms with Crippen LogP contribution in [0.2, 0.25) is 5.02 Å². The fraction of sp³-hybridized carbons (Fsp3) is 0.143. The third-order valence-corrected chi connectivity index (χ3v) is 4.66. The molecule has 112 valence electrons. The summed E-state index contributed by atoms with van der Waals surface area (Å²) in [5.74, 6) is 0.526. The van der Waals surface area contributed by atoms with Gasteiger partial charge in [-0.25, -0.2) is 13.1 Å². The minimum atomic E-state index is -3.67. The topological polar surface area (TPSA) is 81.4 Å². The molecule has 0 aliphatic rings. The van der Waals surface area contributed by atoms with E-state index in [1.54, 1.807) is 30.3 Å². The molecule has 2 rings (SSSR count). The van der Waals surface area contributed by atoms with Gasteiger partial charge in [-0.15, -0.1) is 0 Å². The van der Waals surface area contributed by atoms with E-state index in [1.807, 2.05) is 0 Å². The summed E-state index contributed by atoms with van der Waals surface area (Å²) < 4.78 is 32.1. The Bertz CT molecular complexity index is 748. The number of ether oxygens (including phenoxy) is 1. The highest BCUT2D eigenvalue weighted by Gasteiger charge is 2.16. The number of benzene rings is 2. The Balaban J connectivity index is 2.24. The molecule has 0 aliphatic carbocycles. The third-order valence-electron chi connectivity index (χ3n) is 2.90. The number of nitrogen functional groups attached to an aromatic ring is 1. The molecule has 0 radical (unpaired) electrons. The number of hydrogen-bond donors (Lipinski definition) is 2. The molecule has 0 atom stereocenters. The monoisotopic (exact) mass is 326 g/mol. The SMILES string of the molecule is COc1cccc(Cl)c1CNS(=O)(=O)c1cccc(N)c1. The highest BCUT2D eigenvalue weighted by molar-refractivity contribution is 7.89. The summed E-state index contributed by atoms with van der Waals surface area (Å²) in [7, 11) is -2.17. The fourth-order valence-electron chi connectivity index (χ4n) is 1.83. The van der Waals surface area contributed by atoms with E-state index in [4.69, 9.17) is 22.1 Å². The Hall–Kier alpha value is -1.76. The lowest BCUT2D eigenvalue weighted by Gasteiger charge is -2.12. The first kappa shape index (κ1) is 15.6. The zero-order chi connectivity index (χ0) is 15.5. The number of rotatable bonds is 5. The minimum Gasteiger partial charge on any atom is -0.496 e. The lowest BCUT2D eigenvalue weighted by Crippen LogP contribution is -2.23. The van der Waals surface area contributed by atoms with Crippen LogP contribution in [0.15, 0.2) is 47.4 Å². The van der Waals surface area contributed by atoms with Crippen LogP contribution in [0.4, 0.5) is 5.69 Å². The first-order valence-corrected chi connectivity index (χ1v) is 7.97. The molecule has 0 aromatic heterocycles. The summed E-state index contributed by atoms with van der Waals surface area (Å²) in [5, 5.41) is 0.435. The van der Waals surface area contributed by atoms with Crippen molar-refractivity contribution in [2.45, 2.75) is 11.4 Å². The van der Waals surface area contributed by atoms with Gasteiger partial charge < -0.3 is 10.5 Å². The maximum Gasteiger partial charge on any atom is 0.240 e. The van der Waals surface area contributed by atoms with Gasteiger partial charge in [0.05, 0.1) is 12.0 Å². The Morgan fingerprint density at radius 1 is 1.24 bits per heavy atom. The molecule has 2 aromatic carbocycles. The second-order valence-corrected chi connectivity index (χ2v) is 6.49. The van der Waals surface area contributed by atoms with Crippen LogP contribution in [0.25, 0.3) is 0 Å². The predicted octanol–water partition coefficient (Wildman–Crippen LogP) is 2.41. The summed E-state index contributed by atoms with van der Waals surface area (Å²) in [4.78, 5) is 0.105. The van der Waals surface area contributed by atoms with Crippen LogP contribution in [-0.2, 0) is 16.6 Å². The van der Waals surface area contributed by atoms with Crippen molar-refractivity contribution in [3.8, 4) is 5.75 Å². The van der Waals surface area contributed by atoms with Gasteiger partial charge >= 0.3 is 0 Å². The molecule has 0 amide bonds. The number of methoxy groups -OCH3 is 1. The van der Waals surface area contributed by atoms with E-state index in [0.29, 0.717) is 22.0 Å². The lowest BCUT2D eigenvalue weighted by molar-refractivity contribution is 0.409. The Labute approximate surface area is 128 Å². The summed E-state index contributed by atoms with van der Waals surface area (Å²) in [5.41, 5.74) is 6.56. The van der Waals surface area contributed by atoms with Crippen LogP contribution in [0.1, 0.15) is 5.56 Å². The average molecular weight is 327 g/mol. The number of anilines is 1. The summed E-state index contributed by atoms with van der Waals surface area (Å²) in [6.45, 7) is 0.0278. The van der Waals surface area contributed by atoms with Crippen molar-refractivity contribution in [1.29, 1.82) is 0 Å². The third kappa shape index (κ3) is 3.66. The maximum absolute atomic E-state index is 12.2. The first-order chi connectivity index (χ1) is 9.94. The van der Waals surface area contributed by atoms with Gasteiger partial charge in [0.2, 0.25) is 10.0 Å². The number of nitrogens with one attached hydrogen (secondary N) is 1. The summed E-state index contributed by atoms with van der Waals surface area (Å²) in [6.07, 6.45) is 0. The highest BCUT2D eigenvalue weighted by atomic mass is 35.5. The molecule has 3 N–H and O–H groups in total. The van der Waals surface area contributed by atoms with Crippen LogP contribution >= 0.6 is 11.6 Å². The Kier molecular flexibility index (Phi) is 4.72. The molecular weight excluding hydrogens is 312 g/mol.